The second kappa shape index (κ2) is 9.32. The number of amides is 1. The molecule has 30 heavy (non-hydrogen) atoms. The summed E-state index contributed by atoms with van der Waals surface area (Å²) in [6, 6.07) is 11.2. The number of hydrogen-bond donors (Lipinski definition) is 1. The first-order valence-electron chi connectivity index (χ1n) is 9.79. The van der Waals surface area contributed by atoms with Crippen LogP contribution in [-0.4, -0.2) is 44.1 Å². The van der Waals surface area contributed by atoms with E-state index >= 15 is 0 Å². The average molecular weight is 431 g/mol. The lowest BCUT2D eigenvalue weighted by Crippen LogP contribution is -2.35. The molecule has 1 saturated heterocycles. The Balaban J connectivity index is 1.94. The lowest BCUT2D eigenvalue weighted by Gasteiger charge is -2.26. The Labute approximate surface area is 177 Å². The maximum Gasteiger partial charge on any atom is 0.416 e. The summed E-state index contributed by atoms with van der Waals surface area (Å²) in [4.78, 5) is 13.3. The first kappa shape index (κ1) is 21.9. The molecule has 1 fully saturated rings. The zero-order valence-corrected chi connectivity index (χ0v) is 17.8. The van der Waals surface area contributed by atoms with E-state index in [9.17, 15) is 18.3 Å². The van der Waals surface area contributed by atoms with Gasteiger partial charge in [0.15, 0.2) is 0 Å². The third-order valence-electron chi connectivity index (χ3n) is 5.10. The molecular formula is C22H26N2O5S. The molecular weight excluding hydrogens is 404 g/mol. The molecule has 0 saturated carbocycles. The molecule has 0 atom stereocenters. The van der Waals surface area contributed by atoms with Crippen molar-refractivity contribution in [3.05, 3.63) is 60.7 Å². The number of carboxylic acid groups (broad SMARTS) is 1. The summed E-state index contributed by atoms with van der Waals surface area (Å²) in [5.41, 5.74) is 1.62. The van der Waals surface area contributed by atoms with E-state index in [1.807, 2.05) is 6.07 Å². The van der Waals surface area contributed by atoms with Crippen LogP contribution in [0.4, 0.5) is 16.2 Å². The van der Waals surface area contributed by atoms with Gasteiger partial charge in [-0.3, -0.25) is 0 Å². The molecule has 0 radical (unpaired) electrons. The SMILES string of the molecule is C=CCc1ccc(N(C(=O)O)c2ccc(S(=O)(=O)N3CCCCC3)cc2)c(OC)c1. The molecule has 0 aliphatic carbocycles. The van der Waals surface area contributed by atoms with Gasteiger partial charge in [0.2, 0.25) is 10.0 Å². The number of benzene rings is 2. The van der Waals surface area contributed by atoms with Crippen molar-refractivity contribution in [1.82, 2.24) is 4.31 Å². The molecule has 3 rings (SSSR count). The Morgan fingerprint density at radius 2 is 1.83 bits per heavy atom. The molecule has 2 aromatic rings. The first-order valence-corrected chi connectivity index (χ1v) is 11.2. The van der Waals surface area contributed by atoms with Gasteiger partial charge in [-0.1, -0.05) is 18.6 Å². The van der Waals surface area contributed by atoms with Gasteiger partial charge in [-0.05, 0) is 61.2 Å². The molecule has 8 heteroatoms. The number of hydrogen-bond acceptors (Lipinski definition) is 4. The van der Waals surface area contributed by atoms with Crippen molar-refractivity contribution in [1.29, 1.82) is 0 Å². The number of carbonyl (C=O) groups is 1. The molecule has 7 nitrogen and oxygen atoms in total. The number of anilines is 2. The van der Waals surface area contributed by atoms with Crippen LogP contribution in [0.5, 0.6) is 5.75 Å². The Hall–Kier alpha value is -2.84. The number of piperidine rings is 1. The Morgan fingerprint density at radius 1 is 1.17 bits per heavy atom. The molecule has 0 spiro atoms. The van der Waals surface area contributed by atoms with Crippen LogP contribution in [0.25, 0.3) is 0 Å². The molecule has 160 valence electrons. The van der Waals surface area contributed by atoms with Gasteiger partial charge in [0.25, 0.3) is 0 Å². The summed E-state index contributed by atoms with van der Waals surface area (Å²) in [5, 5.41) is 9.83. The maximum atomic E-state index is 12.8. The Bertz CT molecular complexity index is 1010. The fraction of sp³-hybridized carbons (Fsp3) is 0.318. The summed E-state index contributed by atoms with van der Waals surface area (Å²) in [6.45, 7) is 4.74. The highest BCUT2D eigenvalue weighted by Crippen LogP contribution is 2.35. The average Bonchev–Trinajstić information content (AvgIpc) is 2.75. The molecule has 2 aromatic carbocycles. The second-order valence-corrected chi connectivity index (χ2v) is 9.01. The van der Waals surface area contributed by atoms with Crippen LogP contribution < -0.4 is 9.64 Å². The number of methoxy groups -OCH3 is 1. The number of ether oxygens (including phenoxy) is 1. The lowest BCUT2D eigenvalue weighted by atomic mass is 10.1. The largest absolute Gasteiger partial charge is 0.495 e. The minimum absolute atomic E-state index is 0.159. The number of nitrogens with zero attached hydrogens (tertiary/aromatic N) is 2. The topological polar surface area (TPSA) is 87.2 Å². The summed E-state index contributed by atoms with van der Waals surface area (Å²) in [5.74, 6) is 0.404. The third-order valence-corrected chi connectivity index (χ3v) is 7.02. The Kier molecular flexibility index (Phi) is 6.79. The van der Waals surface area contributed by atoms with Gasteiger partial charge in [0.05, 0.1) is 23.4 Å². The van der Waals surface area contributed by atoms with Crippen molar-refractivity contribution in [3.63, 3.8) is 0 Å². The zero-order chi connectivity index (χ0) is 21.7. The lowest BCUT2D eigenvalue weighted by molar-refractivity contribution is 0.204. The van der Waals surface area contributed by atoms with Crippen molar-refractivity contribution in [2.24, 2.45) is 0 Å². The van der Waals surface area contributed by atoms with E-state index in [1.54, 1.807) is 18.2 Å². The zero-order valence-electron chi connectivity index (χ0n) is 17.0. The van der Waals surface area contributed by atoms with Gasteiger partial charge < -0.3 is 9.84 Å². The van der Waals surface area contributed by atoms with Crippen molar-refractivity contribution < 1.29 is 23.1 Å². The highest BCUT2D eigenvalue weighted by Gasteiger charge is 2.27. The predicted molar refractivity (Wildman–Crippen MR) is 116 cm³/mol. The summed E-state index contributed by atoms with van der Waals surface area (Å²) in [7, 11) is -2.10. The molecule has 1 N–H and O–H groups in total. The monoisotopic (exact) mass is 430 g/mol. The number of rotatable bonds is 7. The fourth-order valence-electron chi connectivity index (χ4n) is 3.57. The van der Waals surface area contributed by atoms with Crippen molar-refractivity contribution in [2.75, 3.05) is 25.1 Å². The highest BCUT2D eigenvalue weighted by atomic mass is 32.2. The normalized spacial score (nSPS) is 14.8. The van der Waals surface area contributed by atoms with E-state index in [4.69, 9.17) is 4.74 Å². The van der Waals surface area contributed by atoms with Crippen LogP contribution in [0.15, 0.2) is 60.0 Å². The molecule has 1 amide bonds. The molecule has 0 unspecified atom stereocenters. The van der Waals surface area contributed by atoms with E-state index < -0.39 is 16.1 Å². The van der Waals surface area contributed by atoms with Crippen molar-refractivity contribution >= 4 is 27.5 Å². The molecule has 0 bridgehead atoms. The van der Waals surface area contributed by atoms with E-state index in [2.05, 4.69) is 6.58 Å². The van der Waals surface area contributed by atoms with Gasteiger partial charge in [-0.25, -0.2) is 18.1 Å². The highest BCUT2D eigenvalue weighted by molar-refractivity contribution is 7.89. The third kappa shape index (κ3) is 4.49. The van der Waals surface area contributed by atoms with Crippen LogP contribution in [-0.2, 0) is 16.4 Å². The van der Waals surface area contributed by atoms with Gasteiger partial charge in [0, 0.05) is 13.1 Å². The van der Waals surface area contributed by atoms with Crippen LogP contribution in [0, 0.1) is 0 Å². The molecule has 0 aromatic heterocycles. The minimum Gasteiger partial charge on any atom is -0.495 e. The molecule has 1 aliphatic heterocycles. The number of allylic oxidation sites excluding steroid dienone is 1. The van der Waals surface area contributed by atoms with Gasteiger partial charge in [-0.15, -0.1) is 6.58 Å². The fourth-order valence-corrected chi connectivity index (χ4v) is 5.09. The van der Waals surface area contributed by atoms with Crippen molar-refractivity contribution in [2.45, 2.75) is 30.6 Å². The molecule has 1 heterocycles. The van der Waals surface area contributed by atoms with Crippen LogP contribution in [0.1, 0.15) is 24.8 Å². The summed E-state index contributed by atoms with van der Waals surface area (Å²) >= 11 is 0. The standard InChI is InChI=1S/C22H26N2O5S/c1-3-7-17-8-13-20(21(16-17)29-2)24(22(25)26)18-9-11-19(12-10-18)30(27,28)23-14-5-4-6-15-23/h3,8-13,16H,1,4-7,14-15H2,2H3,(H,25,26). The van der Waals surface area contributed by atoms with Crippen LogP contribution >= 0.6 is 0 Å². The van der Waals surface area contributed by atoms with Crippen molar-refractivity contribution in [3.8, 4) is 5.75 Å². The summed E-state index contributed by atoms with van der Waals surface area (Å²) in [6.07, 6.45) is 3.93. The quantitative estimate of drug-likeness (QED) is 0.657. The summed E-state index contributed by atoms with van der Waals surface area (Å²) < 4.78 is 32.6. The van der Waals surface area contributed by atoms with Crippen LogP contribution in [0.3, 0.4) is 0 Å². The van der Waals surface area contributed by atoms with E-state index in [-0.39, 0.29) is 4.90 Å². The molecule has 1 aliphatic rings. The van der Waals surface area contributed by atoms with E-state index in [0.29, 0.717) is 36.6 Å². The first-order chi connectivity index (χ1) is 14.4. The maximum absolute atomic E-state index is 12.8. The van der Waals surface area contributed by atoms with E-state index in [1.165, 1.54) is 35.7 Å². The second-order valence-electron chi connectivity index (χ2n) is 7.08. The van der Waals surface area contributed by atoms with E-state index in [0.717, 1.165) is 29.7 Å². The number of sulfonamides is 1. The Morgan fingerprint density at radius 3 is 2.40 bits per heavy atom. The van der Waals surface area contributed by atoms with Gasteiger partial charge >= 0.3 is 6.09 Å². The van der Waals surface area contributed by atoms with Gasteiger partial charge in [0.1, 0.15) is 5.75 Å². The minimum atomic E-state index is -3.58. The van der Waals surface area contributed by atoms with Gasteiger partial charge in [-0.2, -0.15) is 4.31 Å². The van der Waals surface area contributed by atoms with Crippen LogP contribution in [0.2, 0.25) is 0 Å². The predicted octanol–water partition coefficient (Wildman–Crippen LogP) is 4.41. The smallest absolute Gasteiger partial charge is 0.416 e.